The minimum absolute atomic E-state index is 0.0538. The van der Waals surface area contributed by atoms with Gasteiger partial charge >= 0.3 is 0 Å². The van der Waals surface area contributed by atoms with Gasteiger partial charge in [-0.15, -0.1) is 0 Å². The molecule has 0 spiro atoms. The molecule has 0 aromatic heterocycles. The highest BCUT2D eigenvalue weighted by molar-refractivity contribution is 6.32. The second-order valence-corrected chi connectivity index (χ2v) is 9.36. The quantitative estimate of drug-likeness (QED) is 0.515. The molecule has 1 heterocycles. The first kappa shape index (κ1) is 25.1. The average Bonchev–Trinajstić information content (AvgIpc) is 3.01. The number of nitrogens with zero attached hydrogens (tertiary/aromatic N) is 1. The van der Waals surface area contributed by atoms with Crippen LogP contribution in [0.2, 0.25) is 5.02 Å². The number of carbonyl (C=O) groups is 1. The third-order valence-electron chi connectivity index (χ3n) is 5.39. The number of carbonyl (C=O) groups excluding carboxylic acids is 1. The Kier molecular flexibility index (Phi) is 8.80. The van der Waals surface area contributed by atoms with Crippen molar-refractivity contribution in [3.05, 3.63) is 52.3 Å². The lowest BCUT2D eigenvalue weighted by atomic mass is 10.1. The molecule has 0 saturated heterocycles. The van der Waals surface area contributed by atoms with Gasteiger partial charge in [-0.2, -0.15) is 0 Å². The Hall–Kier alpha value is -2.51. The lowest BCUT2D eigenvalue weighted by Crippen LogP contribution is -2.40. The van der Waals surface area contributed by atoms with Crippen LogP contribution < -0.4 is 20.5 Å². The van der Waals surface area contributed by atoms with Crippen molar-refractivity contribution in [2.24, 2.45) is 11.8 Å². The molecule has 0 bridgehead atoms. The first-order valence-electron chi connectivity index (χ1n) is 11.4. The summed E-state index contributed by atoms with van der Waals surface area (Å²) in [6, 6.07) is 8.40. The van der Waals surface area contributed by atoms with Gasteiger partial charge in [0.1, 0.15) is 5.82 Å². The molecular formula is C25H33ClFN3O3. The van der Waals surface area contributed by atoms with Crippen LogP contribution in [-0.4, -0.2) is 37.1 Å². The predicted octanol–water partition coefficient (Wildman–Crippen LogP) is 4.63. The van der Waals surface area contributed by atoms with Gasteiger partial charge in [-0.3, -0.25) is 4.79 Å². The van der Waals surface area contributed by atoms with E-state index in [1.807, 2.05) is 24.0 Å². The first-order valence-corrected chi connectivity index (χ1v) is 11.7. The van der Waals surface area contributed by atoms with Crippen LogP contribution in [0.25, 0.3) is 0 Å². The summed E-state index contributed by atoms with van der Waals surface area (Å²) in [4.78, 5) is 15.1. The van der Waals surface area contributed by atoms with E-state index in [4.69, 9.17) is 26.8 Å². The fraction of sp³-hybridized carbons (Fsp3) is 0.480. The molecule has 1 atom stereocenters. The Bertz CT molecular complexity index is 970. The zero-order valence-corrected chi connectivity index (χ0v) is 20.3. The summed E-state index contributed by atoms with van der Waals surface area (Å²) in [7, 11) is 0. The zero-order valence-electron chi connectivity index (χ0n) is 19.5. The monoisotopic (exact) mass is 477 g/mol. The molecule has 0 fully saturated rings. The largest absolute Gasteiger partial charge is 0.489 e. The van der Waals surface area contributed by atoms with Crippen molar-refractivity contribution in [1.82, 2.24) is 10.2 Å². The van der Waals surface area contributed by atoms with E-state index >= 15 is 0 Å². The first-order chi connectivity index (χ1) is 15.7. The molecule has 0 radical (unpaired) electrons. The minimum Gasteiger partial charge on any atom is -0.489 e. The van der Waals surface area contributed by atoms with Gasteiger partial charge in [0.05, 0.1) is 23.9 Å². The van der Waals surface area contributed by atoms with Gasteiger partial charge in [-0.25, -0.2) is 4.39 Å². The van der Waals surface area contributed by atoms with Gasteiger partial charge < -0.3 is 25.4 Å². The molecule has 6 nitrogen and oxygen atoms in total. The number of halogens is 2. The molecule has 2 aromatic rings. The van der Waals surface area contributed by atoms with E-state index in [9.17, 15) is 9.18 Å². The lowest BCUT2D eigenvalue weighted by molar-refractivity contribution is -0.136. The van der Waals surface area contributed by atoms with Gasteiger partial charge in [-0.05, 0) is 41.3 Å². The van der Waals surface area contributed by atoms with Crippen molar-refractivity contribution in [1.29, 1.82) is 0 Å². The normalized spacial score (nSPS) is 14.1. The number of hydrogen-bond acceptors (Lipinski definition) is 5. The Labute approximate surface area is 200 Å². The van der Waals surface area contributed by atoms with Crippen LogP contribution in [0.5, 0.6) is 11.5 Å². The van der Waals surface area contributed by atoms with Crippen LogP contribution in [0.3, 0.4) is 0 Å². The molecule has 1 aliphatic heterocycles. The van der Waals surface area contributed by atoms with E-state index in [0.29, 0.717) is 61.8 Å². The van der Waals surface area contributed by atoms with Crippen LogP contribution in [-0.2, 0) is 17.9 Å². The van der Waals surface area contributed by atoms with Gasteiger partial charge in [0.15, 0.2) is 11.5 Å². The second-order valence-electron chi connectivity index (χ2n) is 8.96. The number of nitrogen functional groups attached to an aromatic ring is 1. The van der Waals surface area contributed by atoms with Crippen molar-refractivity contribution in [3.8, 4) is 11.5 Å². The van der Waals surface area contributed by atoms with Crippen molar-refractivity contribution in [2.75, 3.05) is 32.0 Å². The molecule has 0 aliphatic carbocycles. The number of anilines is 1. The lowest BCUT2D eigenvalue weighted by Gasteiger charge is -2.28. The van der Waals surface area contributed by atoms with Gasteiger partial charge in [0, 0.05) is 38.5 Å². The number of hydrogen-bond donors (Lipinski definition) is 2. The maximum Gasteiger partial charge on any atom is 0.226 e. The summed E-state index contributed by atoms with van der Waals surface area (Å²) in [6.45, 7) is 9.28. The average molecular weight is 478 g/mol. The maximum absolute atomic E-state index is 13.3. The summed E-state index contributed by atoms with van der Waals surface area (Å²) in [5, 5.41) is 3.77. The Morgan fingerprint density at radius 3 is 2.67 bits per heavy atom. The van der Waals surface area contributed by atoms with Crippen LogP contribution in [0.1, 0.15) is 38.3 Å². The van der Waals surface area contributed by atoms with E-state index in [2.05, 4.69) is 19.2 Å². The van der Waals surface area contributed by atoms with E-state index < -0.39 is 5.82 Å². The summed E-state index contributed by atoms with van der Waals surface area (Å²) in [5.41, 5.74) is 7.53. The molecule has 33 heavy (non-hydrogen) atoms. The van der Waals surface area contributed by atoms with Gasteiger partial charge in [0.2, 0.25) is 5.91 Å². The molecular weight excluding hydrogens is 445 g/mol. The fourth-order valence-electron chi connectivity index (χ4n) is 3.80. The van der Waals surface area contributed by atoms with E-state index in [-0.39, 0.29) is 17.5 Å². The molecule has 8 heteroatoms. The molecule has 180 valence electrons. The SMILES string of the molecule is CC(C)CN(Cc1cc(Cl)c2c(c1)OCCCO2)C(=O)C(C)CNCc1ccc(F)c(N)c1. The van der Waals surface area contributed by atoms with Crippen LogP contribution in [0, 0.1) is 17.7 Å². The molecule has 3 rings (SSSR count). The van der Waals surface area contributed by atoms with Gasteiger partial charge in [0.25, 0.3) is 0 Å². The Balaban J connectivity index is 1.65. The smallest absolute Gasteiger partial charge is 0.226 e. The number of fused-ring (bicyclic) bond motifs is 1. The Morgan fingerprint density at radius 1 is 1.18 bits per heavy atom. The second kappa shape index (κ2) is 11.6. The van der Waals surface area contributed by atoms with Crippen molar-refractivity contribution in [3.63, 3.8) is 0 Å². The third-order valence-corrected chi connectivity index (χ3v) is 5.67. The maximum atomic E-state index is 13.3. The number of nitrogens with one attached hydrogen (secondary N) is 1. The molecule has 3 N–H and O–H groups in total. The van der Waals surface area contributed by atoms with Crippen LogP contribution >= 0.6 is 11.6 Å². The fourth-order valence-corrected chi connectivity index (χ4v) is 4.09. The summed E-state index contributed by atoms with van der Waals surface area (Å²) < 4.78 is 24.9. The molecule has 1 aliphatic rings. The topological polar surface area (TPSA) is 76.8 Å². The van der Waals surface area contributed by atoms with Crippen LogP contribution in [0.15, 0.2) is 30.3 Å². The molecule has 0 saturated carbocycles. The number of benzene rings is 2. The van der Waals surface area contributed by atoms with Gasteiger partial charge in [-0.1, -0.05) is 38.4 Å². The zero-order chi connectivity index (χ0) is 24.0. The minimum atomic E-state index is -0.429. The molecule has 1 unspecified atom stereocenters. The number of nitrogens with two attached hydrogens (primary N) is 1. The number of rotatable bonds is 9. The molecule has 2 aromatic carbocycles. The standard InChI is InChI=1S/C25H33ClFN3O3/c1-16(2)14-30(15-19-9-20(26)24-23(11-19)32-7-4-8-33-24)25(31)17(3)12-29-13-18-5-6-21(27)22(28)10-18/h5-6,9-11,16-17,29H,4,7-8,12-15,28H2,1-3H3. The Morgan fingerprint density at radius 2 is 1.94 bits per heavy atom. The summed E-state index contributed by atoms with van der Waals surface area (Å²) in [5.74, 6) is 0.892. The highest BCUT2D eigenvalue weighted by atomic mass is 35.5. The highest BCUT2D eigenvalue weighted by Gasteiger charge is 2.23. The predicted molar refractivity (Wildman–Crippen MR) is 129 cm³/mol. The van der Waals surface area contributed by atoms with Crippen molar-refractivity contribution >= 4 is 23.2 Å². The number of amides is 1. The van der Waals surface area contributed by atoms with Crippen LogP contribution in [0.4, 0.5) is 10.1 Å². The van der Waals surface area contributed by atoms with E-state index in [1.165, 1.54) is 6.07 Å². The van der Waals surface area contributed by atoms with E-state index in [1.54, 1.807) is 12.1 Å². The van der Waals surface area contributed by atoms with Crippen molar-refractivity contribution < 1.29 is 18.7 Å². The highest BCUT2D eigenvalue weighted by Crippen LogP contribution is 2.38. The summed E-state index contributed by atoms with van der Waals surface area (Å²) >= 11 is 6.45. The number of ether oxygens (including phenoxy) is 2. The summed E-state index contributed by atoms with van der Waals surface area (Å²) in [6.07, 6.45) is 0.799. The molecule has 1 amide bonds. The third kappa shape index (κ3) is 6.98. The van der Waals surface area contributed by atoms with Crippen molar-refractivity contribution in [2.45, 2.75) is 40.3 Å². The van der Waals surface area contributed by atoms with E-state index in [0.717, 1.165) is 17.5 Å².